The smallest absolute Gasteiger partial charge is 0.416 e. The van der Waals surface area contributed by atoms with Crippen LogP contribution in [-0.2, 0) is 16.0 Å². The van der Waals surface area contributed by atoms with Gasteiger partial charge in [-0.1, -0.05) is 42.5 Å². The predicted molar refractivity (Wildman–Crippen MR) is 183 cm³/mol. The number of nitrogens with zero attached hydrogens (tertiary/aromatic N) is 2. The second-order valence-electron chi connectivity index (χ2n) is 11.8. The van der Waals surface area contributed by atoms with E-state index in [1.54, 1.807) is 47.5 Å². The fourth-order valence-electron chi connectivity index (χ4n) is 5.99. The highest BCUT2D eigenvalue weighted by Crippen LogP contribution is 2.46. The molecular formula is C37H33F2N3O6S. The number of β-lactam (4-membered cyclic amide) rings is 1. The SMILES string of the molecule is C[C@H](Cc1cn(C(=O)O)c2ccccc12)NC(=O)COc1ccc([C@@H]2[C@@H](SCC(O)c3ccc(F)cc3)C(=O)N2c2ccc(F)cc2)cc1. The van der Waals surface area contributed by atoms with Crippen molar-refractivity contribution in [1.82, 2.24) is 9.88 Å². The molecule has 1 aromatic heterocycles. The van der Waals surface area contributed by atoms with E-state index in [4.69, 9.17) is 4.74 Å². The monoisotopic (exact) mass is 685 g/mol. The number of nitrogens with one attached hydrogen (secondary N) is 1. The number of carbonyl (C=O) groups is 3. The third kappa shape index (κ3) is 7.45. The van der Waals surface area contributed by atoms with E-state index in [2.05, 4.69) is 5.32 Å². The van der Waals surface area contributed by atoms with Crippen molar-refractivity contribution in [3.8, 4) is 5.75 Å². The Kier molecular flexibility index (Phi) is 9.97. The van der Waals surface area contributed by atoms with Gasteiger partial charge in [-0.2, -0.15) is 0 Å². The number of aliphatic hydroxyl groups is 1. The molecule has 4 aromatic carbocycles. The molecule has 0 saturated carbocycles. The lowest BCUT2D eigenvalue weighted by Crippen LogP contribution is -2.57. The van der Waals surface area contributed by atoms with Crippen LogP contribution < -0.4 is 15.0 Å². The number of para-hydroxylation sites is 1. The topological polar surface area (TPSA) is 121 Å². The molecule has 12 heteroatoms. The van der Waals surface area contributed by atoms with E-state index < -0.39 is 35.1 Å². The van der Waals surface area contributed by atoms with Crippen LogP contribution in [0.15, 0.2) is 103 Å². The van der Waals surface area contributed by atoms with E-state index in [1.807, 2.05) is 19.1 Å². The first-order valence-electron chi connectivity index (χ1n) is 15.6. The lowest BCUT2D eigenvalue weighted by molar-refractivity contribution is -0.124. The number of carbonyl (C=O) groups excluding carboxylic acids is 2. The summed E-state index contributed by atoms with van der Waals surface area (Å²) in [6.45, 7) is 1.59. The Labute approximate surface area is 285 Å². The number of rotatable bonds is 12. The van der Waals surface area contributed by atoms with Crippen molar-refractivity contribution >= 4 is 46.3 Å². The number of benzene rings is 4. The molecule has 0 spiro atoms. The van der Waals surface area contributed by atoms with Gasteiger partial charge in [-0.05, 0) is 84.6 Å². The molecule has 0 aliphatic carbocycles. The van der Waals surface area contributed by atoms with Crippen LogP contribution in [-0.4, -0.2) is 56.3 Å². The summed E-state index contributed by atoms with van der Waals surface area (Å²) in [5.74, 6) is -0.729. The van der Waals surface area contributed by atoms with Gasteiger partial charge >= 0.3 is 6.09 Å². The number of amides is 2. The van der Waals surface area contributed by atoms with Crippen molar-refractivity contribution in [3.05, 3.63) is 132 Å². The summed E-state index contributed by atoms with van der Waals surface area (Å²) in [4.78, 5) is 39.3. The Morgan fingerprint density at radius 2 is 1.59 bits per heavy atom. The Hall–Kier alpha value is -5.20. The minimum absolute atomic E-state index is 0.188. The summed E-state index contributed by atoms with van der Waals surface area (Å²) in [6, 6.07) is 24.7. The molecule has 5 aromatic rings. The molecular weight excluding hydrogens is 652 g/mol. The fraction of sp³-hybridized carbons (Fsp3) is 0.216. The largest absolute Gasteiger partial charge is 0.484 e. The summed E-state index contributed by atoms with van der Waals surface area (Å²) in [6.07, 6.45) is -0.00199. The zero-order valence-corrected chi connectivity index (χ0v) is 27.1. The van der Waals surface area contributed by atoms with Gasteiger partial charge in [0.25, 0.3) is 5.91 Å². The molecule has 1 aliphatic rings. The number of hydrogen-bond donors (Lipinski definition) is 3. The summed E-state index contributed by atoms with van der Waals surface area (Å²) in [5, 5.41) is 23.4. The number of carboxylic acid groups (broad SMARTS) is 1. The summed E-state index contributed by atoms with van der Waals surface area (Å²) < 4.78 is 33.9. The average molecular weight is 686 g/mol. The van der Waals surface area contributed by atoms with Gasteiger partial charge in [0.15, 0.2) is 6.61 Å². The maximum absolute atomic E-state index is 13.7. The van der Waals surface area contributed by atoms with Crippen LogP contribution in [0.5, 0.6) is 5.75 Å². The van der Waals surface area contributed by atoms with Crippen molar-refractivity contribution in [2.75, 3.05) is 17.3 Å². The highest BCUT2D eigenvalue weighted by Gasteiger charge is 2.49. The molecule has 1 fully saturated rings. The Morgan fingerprint density at radius 1 is 0.939 bits per heavy atom. The zero-order valence-electron chi connectivity index (χ0n) is 26.3. The standard InChI is InChI=1S/C37H33F2N3O6S/c1-22(18-25-19-41(37(46)47)31-5-3-2-4-30(25)31)40-33(44)20-48-29-16-8-24(9-17-29)34-35(36(45)42(34)28-14-12-27(39)13-15-28)49-21-32(43)23-6-10-26(38)11-7-23/h2-17,19,22,32,34-35,43H,18,20-21H2,1H3,(H,40,44)(H,46,47)/t22-,32?,34-,35-/m1/s1. The van der Waals surface area contributed by atoms with Gasteiger partial charge in [0.05, 0.1) is 17.7 Å². The van der Waals surface area contributed by atoms with Gasteiger partial charge in [0.1, 0.15) is 22.6 Å². The molecule has 2 heterocycles. The Balaban J connectivity index is 1.08. The second kappa shape index (κ2) is 14.5. The van der Waals surface area contributed by atoms with Gasteiger partial charge in [-0.25, -0.2) is 13.6 Å². The van der Waals surface area contributed by atoms with Crippen molar-refractivity contribution in [1.29, 1.82) is 0 Å². The van der Waals surface area contributed by atoms with Crippen LogP contribution in [0, 0.1) is 11.6 Å². The molecule has 0 radical (unpaired) electrons. The van der Waals surface area contributed by atoms with E-state index >= 15 is 0 Å². The Morgan fingerprint density at radius 3 is 2.27 bits per heavy atom. The summed E-state index contributed by atoms with van der Waals surface area (Å²) in [7, 11) is 0. The van der Waals surface area contributed by atoms with E-state index in [9.17, 15) is 33.4 Å². The number of aromatic nitrogens is 1. The van der Waals surface area contributed by atoms with E-state index in [0.717, 1.165) is 16.5 Å². The van der Waals surface area contributed by atoms with E-state index in [1.165, 1.54) is 64.9 Å². The first-order chi connectivity index (χ1) is 23.6. The third-order valence-corrected chi connectivity index (χ3v) is 9.69. The number of ether oxygens (including phenoxy) is 1. The molecule has 6 rings (SSSR count). The van der Waals surface area contributed by atoms with E-state index in [0.29, 0.717) is 28.9 Å². The summed E-state index contributed by atoms with van der Waals surface area (Å²) in [5.41, 5.74) is 3.23. The molecule has 0 bridgehead atoms. The van der Waals surface area contributed by atoms with Crippen LogP contribution >= 0.6 is 11.8 Å². The molecule has 1 aliphatic heterocycles. The molecule has 49 heavy (non-hydrogen) atoms. The maximum Gasteiger partial charge on any atom is 0.416 e. The minimum atomic E-state index is -1.08. The van der Waals surface area contributed by atoms with Crippen LogP contribution in [0.3, 0.4) is 0 Å². The van der Waals surface area contributed by atoms with Gasteiger partial charge < -0.3 is 25.2 Å². The number of anilines is 1. The van der Waals surface area contributed by atoms with E-state index in [-0.39, 0.29) is 30.2 Å². The highest BCUT2D eigenvalue weighted by atomic mass is 32.2. The quantitative estimate of drug-likeness (QED) is 0.128. The number of hydrogen-bond acceptors (Lipinski definition) is 6. The molecule has 3 N–H and O–H groups in total. The first-order valence-corrected chi connectivity index (χ1v) is 16.6. The normalized spacial score (nSPS) is 17.0. The third-order valence-electron chi connectivity index (χ3n) is 8.36. The van der Waals surface area contributed by atoms with Gasteiger partial charge in [-0.15, -0.1) is 11.8 Å². The molecule has 252 valence electrons. The zero-order chi connectivity index (χ0) is 34.7. The second-order valence-corrected chi connectivity index (χ2v) is 13.0. The minimum Gasteiger partial charge on any atom is -0.484 e. The lowest BCUT2D eigenvalue weighted by atomic mass is 9.92. The van der Waals surface area contributed by atoms with Gasteiger partial charge in [-0.3, -0.25) is 14.2 Å². The molecule has 9 nitrogen and oxygen atoms in total. The average Bonchev–Trinajstić information content (AvgIpc) is 3.46. The van der Waals surface area contributed by atoms with Gasteiger partial charge in [0, 0.05) is 29.1 Å². The number of thioether (sulfide) groups is 1. The molecule has 1 saturated heterocycles. The predicted octanol–water partition coefficient (Wildman–Crippen LogP) is 6.50. The van der Waals surface area contributed by atoms with Crippen LogP contribution in [0.4, 0.5) is 19.3 Å². The highest BCUT2D eigenvalue weighted by molar-refractivity contribution is 8.00. The van der Waals surface area contributed by atoms with Crippen molar-refractivity contribution in [3.63, 3.8) is 0 Å². The number of halogens is 2. The fourth-order valence-corrected chi connectivity index (χ4v) is 7.29. The van der Waals surface area contributed by atoms with Crippen molar-refractivity contribution < 1.29 is 38.1 Å². The molecule has 4 atom stereocenters. The maximum atomic E-state index is 13.7. The van der Waals surface area contributed by atoms with Crippen LogP contribution in [0.2, 0.25) is 0 Å². The number of aliphatic hydroxyl groups excluding tert-OH is 1. The molecule has 1 unspecified atom stereocenters. The van der Waals surface area contributed by atoms with Crippen LogP contribution in [0.25, 0.3) is 10.9 Å². The molecule has 2 amide bonds. The summed E-state index contributed by atoms with van der Waals surface area (Å²) >= 11 is 1.29. The van der Waals surface area contributed by atoms with Crippen molar-refractivity contribution in [2.24, 2.45) is 0 Å². The first kappa shape index (κ1) is 33.7. The number of fused-ring (bicyclic) bond motifs is 1. The lowest BCUT2D eigenvalue weighted by Gasteiger charge is -2.47. The van der Waals surface area contributed by atoms with Crippen LogP contribution in [0.1, 0.15) is 35.8 Å². The Bertz CT molecular complexity index is 1970. The van der Waals surface area contributed by atoms with Gasteiger partial charge in [0.2, 0.25) is 5.91 Å². The van der Waals surface area contributed by atoms with Crippen molar-refractivity contribution in [2.45, 2.75) is 36.8 Å².